The van der Waals surface area contributed by atoms with E-state index in [1.54, 1.807) is 6.07 Å². The number of hydrogen-bond acceptors (Lipinski definition) is 4. The van der Waals surface area contributed by atoms with Crippen LogP contribution in [0.3, 0.4) is 0 Å². The van der Waals surface area contributed by atoms with Crippen molar-refractivity contribution in [3.63, 3.8) is 0 Å². The lowest BCUT2D eigenvalue weighted by Crippen LogP contribution is -2.03. The molecular weight excluding hydrogens is 334 g/mol. The third-order valence-corrected chi connectivity index (χ3v) is 4.22. The minimum absolute atomic E-state index is 0.0784. The highest BCUT2D eigenvalue weighted by molar-refractivity contribution is 9.10. The SMILES string of the molecule is O=[N+]([O-])c1ccc(NCc2cccc3c2NCC3)c(Br)c1. The molecule has 0 saturated heterocycles. The van der Waals surface area contributed by atoms with E-state index < -0.39 is 4.92 Å². The summed E-state index contributed by atoms with van der Waals surface area (Å²) in [7, 11) is 0. The molecule has 0 fully saturated rings. The second-order valence-corrected chi connectivity index (χ2v) is 5.76. The van der Waals surface area contributed by atoms with Crippen molar-refractivity contribution in [2.45, 2.75) is 13.0 Å². The molecule has 1 aliphatic heterocycles. The van der Waals surface area contributed by atoms with Crippen LogP contribution in [0.5, 0.6) is 0 Å². The van der Waals surface area contributed by atoms with Crippen molar-refractivity contribution >= 4 is 33.0 Å². The van der Waals surface area contributed by atoms with E-state index in [1.807, 2.05) is 0 Å². The highest BCUT2D eigenvalue weighted by Gasteiger charge is 2.14. The molecule has 2 aromatic rings. The van der Waals surface area contributed by atoms with E-state index in [4.69, 9.17) is 0 Å². The standard InChI is InChI=1S/C15H14BrN3O2/c16-13-8-12(19(20)21)4-5-14(13)18-9-11-3-1-2-10-6-7-17-15(10)11/h1-5,8,17-18H,6-7,9H2. The molecule has 0 bridgehead atoms. The summed E-state index contributed by atoms with van der Waals surface area (Å²) in [4.78, 5) is 10.3. The maximum atomic E-state index is 10.7. The topological polar surface area (TPSA) is 67.2 Å². The first-order valence-corrected chi connectivity index (χ1v) is 7.47. The number of rotatable bonds is 4. The summed E-state index contributed by atoms with van der Waals surface area (Å²) in [6.07, 6.45) is 1.06. The lowest BCUT2D eigenvalue weighted by atomic mass is 10.1. The molecule has 0 radical (unpaired) electrons. The van der Waals surface area contributed by atoms with Crippen LogP contribution in [-0.2, 0) is 13.0 Å². The van der Waals surface area contributed by atoms with Crippen LogP contribution in [0.4, 0.5) is 17.1 Å². The first kappa shape index (κ1) is 13.9. The third kappa shape index (κ3) is 2.85. The Morgan fingerprint density at radius 1 is 1.33 bits per heavy atom. The zero-order valence-corrected chi connectivity index (χ0v) is 12.8. The summed E-state index contributed by atoms with van der Waals surface area (Å²) >= 11 is 3.37. The van der Waals surface area contributed by atoms with Gasteiger partial charge in [-0.2, -0.15) is 0 Å². The number of para-hydroxylation sites is 1. The maximum absolute atomic E-state index is 10.7. The van der Waals surface area contributed by atoms with Crippen LogP contribution in [0.25, 0.3) is 0 Å². The second-order valence-electron chi connectivity index (χ2n) is 4.90. The number of nitrogens with one attached hydrogen (secondary N) is 2. The van der Waals surface area contributed by atoms with Gasteiger partial charge in [-0.25, -0.2) is 0 Å². The quantitative estimate of drug-likeness (QED) is 0.649. The van der Waals surface area contributed by atoms with Gasteiger partial charge in [0.05, 0.1) is 4.92 Å². The molecule has 0 amide bonds. The van der Waals surface area contributed by atoms with Gasteiger partial charge in [0.2, 0.25) is 0 Å². The normalized spacial score (nSPS) is 12.6. The number of halogens is 1. The first-order chi connectivity index (χ1) is 10.1. The Hall–Kier alpha value is -2.08. The largest absolute Gasteiger partial charge is 0.384 e. The van der Waals surface area contributed by atoms with Crippen molar-refractivity contribution in [3.8, 4) is 0 Å². The molecule has 5 nitrogen and oxygen atoms in total. The fourth-order valence-corrected chi connectivity index (χ4v) is 3.02. The summed E-state index contributed by atoms with van der Waals surface area (Å²) in [5, 5.41) is 17.4. The molecular formula is C15H14BrN3O2. The molecule has 0 aromatic heterocycles. The Labute approximate surface area is 130 Å². The molecule has 0 aliphatic carbocycles. The molecule has 2 aromatic carbocycles. The lowest BCUT2D eigenvalue weighted by molar-refractivity contribution is -0.384. The van der Waals surface area contributed by atoms with Gasteiger partial charge >= 0.3 is 0 Å². The van der Waals surface area contributed by atoms with Gasteiger partial charge in [0, 0.05) is 41.1 Å². The van der Waals surface area contributed by atoms with Gasteiger partial charge in [0.25, 0.3) is 5.69 Å². The highest BCUT2D eigenvalue weighted by atomic mass is 79.9. The molecule has 3 rings (SSSR count). The molecule has 6 heteroatoms. The molecule has 0 spiro atoms. The Morgan fingerprint density at radius 2 is 2.19 bits per heavy atom. The van der Waals surface area contributed by atoms with Crippen LogP contribution in [0.2, 0.25) is 0 Å². The third-order valence-electron chi connectivity index (χ3n) is 3.57. The van der Waals surface area contributed by atoms with Crippen molar-refractivity contribution in [2.24, 2.45) is 0 Å². The van der Waals surface area contributed by atoms with Crippen molar-refractivity contribution in [1.29, 1.82) is 0 Å². The molecule has 0 atom stereocenters. The predicted octanol–water partition coefficient (Wildman–Crippen LogP) is 3.94. The number of benzene rings is 2. The van der Waals surface area contributed by atoms with E-state index in [1.165, 1.54) is 28.9 Å². The molecule has 1 aliphatic rings. The van der Waals surface area contributed by atoms with Crippen LogP contribution in [0.15, 0.2) is 40.9 Å². The van der Waals surface area contributed by atoms with Crippen LogP contribution in [0, 0.1) is 10.1 Å². The van der Waals surface area contributed by atoms with Crippen LogP contribution < -0.4 is 10.6 Å². The van der Waals surface area contributed by atoms with E-state index in [0.29, 0.717) is 11.0 Å². The van der Waals surface area contributed by atoms with E-state index in [2.05, 4.69) is 44.8 Å². The van der Waals surface area contributed by atoms with E-state index in [-0.39, 0.29) is 5.69 Å². The van der Waals surface area contributed by atoms with E-state index in [9.17, 15) is 10.1 Å². The Kier molecular flexibility index (Phi) is 3.79. The van der Waals surface area contributed by atoms with Gasteiger partial charge in [0.15, 0.2) is 0 Å². The molecule has 108 valence electrons. The minimum Gasteiger partial charge on any atom is -0.384 e. The fourth-order valence-electron chi connectivity index (χ4n) is 2.51. The number of non-ortho nitro benzene ring substituents is 1. The van der Waals surface area contributed by atoms with Crippen LogP contribution in [0.1, 0.15) is 11.1 Å². The summed E-state index contributed by atoms with van der Waals surface area (Å²) in [6, 6.07) is 11.0. The highest BCUT2D eigenvalue weighted by Crippen LogP contribution is 2.30. The van der Waals surface area contributed by atoms with Crippen molar-refractivity contribution in [3.05, 3.63) is 62.1 Å². The number of fused-ring (bicyclic) bond motifs is 1. The Balaban J connectivity index is 1.77. The average molecular weight is 348 g/mol. The minimum atomic E-state index is -0.400. The molecule has 0 unspecified atom stereocenters. The van der Waals surface area contributed by atoms with E-state index in [0.717, 1.165) is 18.7 Å². The predicted molar refractivity (Wildman–Crippen MR) is 86.8 cm³/mol. The van der Waals surface area contributed by atoms with Crippen molar-refractivity contribution in [2.75, 3.05) is 17.2 Å². The van der Waals surface area contributed by atoms with Gasteiger partial charge in [-0.15, -0.1) is 0 Å². The zero-order chi connectivity index (χ0) is 14.8. The van der Waals surface area contributed by atoms with Crippen molar-refractivity contribution < 1.29 is 4.92 Å². The van der Waals surface area contributed by atoms with Crippen LogP contribution >= 0.6 is 15.9 Å². The van der Waals surface area contributed by atoms with Gasteiger partial charge in [-0.1, -0.05) is 18.2 Å². The van der Waals surface area contributed by atoms with Crippen molar-refractivity contribution in [1.82, 2.24) is 0 Å². The average Bonchev–Trinajstić information content (AvgIpc) is 2.94. The molecule has 2 N–H and O–H groups in total. The Morgan fingerprint density at radius 3 is 2.95 bits per heavy atom. The Bertz CT molecular complexity index is 703. The number of nitro groups is 1. The van der Waals surface area contributed by atoms with Gasteiger partial charge in [-0.3, -0.25) is 10.1 Å². The first-order valence-electron chi connectivity index (χ1n) is 6.67. The van der Waals surface area contributed by atoms with Gasteiger partial charge < -0.3 is 10.6 Å². The zero-order valence-electron chi connectivity index (χ0n) is 11.2. The maximum Gasteiger partial charge on any atom is 0.270 e. The summed E-state index contributed by atoms with van der Waals surface area (Å²) < 4.78 is 0.692. The number of hydrogen-bond donors (Lipinski definition) is 2. The second kappa shape index (κ2) is 5.73. The number of nitro benzene ring substituents is 1. The summed E-state index contributed by atoms with van der Waals surface area (Å²) in [5.41, 5.74) is 4.68. The number of anilines is 2. The van der Waals surface area contributed by atoms with Crippen LogP contribution in [-0.4, -0.2) is 11.5 Å². The van der Waals surface area contributed by atoms with E-state index >= 15 is 0 Å². The van der Waals surface area contributed by atoms with Gasteiger partial charge in [-0.05, 0) is 39.5 Å². The summed E-state index contributed by atoms with van der Waals surface area (Å²) in [6.45, 7) is 1.65. The molecule has 0 saturated carbocycles. The summed E-state index contributed by atoms with van der Waals surface area (Å²) in [5.74, 6) is 0. The monoisotopic (exact) mass is 347 g/mol. The number of nitrogens with zero attached hydrogens (tertiary/aromatic N) is 1. The molecule has 21 heavy (non-hydrogen) atoms. The van der Waals surface area contributed by atoms with Gasteiger partial charge in [0.1, 0.15) is 0 Å². The smallest absolute Gasteiger partial charge is 0.270 e. The fraction of sp³-hybridized carbons (Fsp3) is 0.200. The molecule has 1 heterocycles. The lowest BCUT2D eigenvalue weighted by Gasteiger charge is -2.12.